The third-order valence-corrected chi connectivity index (χ3v) is 5.06. The fraction of sp³-hybridized carbons (Fsp3) is 0.350. The summed E-state index contributed by atoms with van der Waals surface area (Å²) < 4.78 is 1.93. The average Bonchev–Trinajstić information content (AvgIpc) is 3.02. The Morgan fingerprint density at radius 2 is 2.08 bits per heavy atom. The van der Waals surface area contributed by atoms with E-state index in [-0.39, 0.29) is 30.4 Å². The molecule has 0 spiro atoms. The molecule has 134 valence electrons. The molecule has 1 fully saturated rings. The van der Waals surface area contributed by atoms with Crippen LogP contribution in [0.5, 0.6) is 0 Å². The van der Waals surface area contributed by atoms with Gasteiger partial charge in [0.2, 0.25) is 5.91 Å². The first-order chi connectivity index (χ1) is 12.7. The van der Waals surface area contributed by atoms with E-state index in [1.165, 1.54) is 0 Å². The zero-order chi connectivity index (χ0) is 17.9. The van der Waals surface area contributed by atoms with Crippen molar-refractivity contribution in [3.8, 4) is 0 Å². The quantitative estimate of drug-likeness (QED) is 0.710. The zero-order valence-electron chi connectivity index (χ0n) is 14.5. The Bertz CT molecular complexity index is 887. The molecule has 3 heterocycles. The SMILES string of the molecule is O=C(Cc1cnc2ccccn12)N[C@H](Cc1ccccn1)C1CC(O)C1. The number of rotatable bonds is 6. The monoisotopic (exact) mass is 350 g/mol. The molecule has 1 amide bonds. The lowest BCUT2D eigenvalue weighted by Gasteiger charge is -2.38. The van der Waals surface area contributed by atoms with E-state index in [1.54, 1.807) is 12.4 Å². The lowest BCUT2D eigenvalue weighted by atomic mass is 9.76. The fourth-order valence-corrected chi connectivity index (χ4v) is 3.58. The maximum atomic E-state index is 12.6. The third kappa shape index (κ3) is 3.60. The number of nitrogens with one attached hydrogen (secondary N) is 1. The minimum Gasteiger partial charge on any atom is -0.393 e. The third-order valence-electron chi connectivity index (χ3n) is 5.06. The maximum absolute atomic E-state index is 12.6. The number of aliphatic hydroxyl groups excluding tert-OH is 1. The minimum absolute atomic E-state index is 0.0139. The Hall–Kier alpha value is -2.73. The Labute approximate surface area is 151 Å². The summed E-state index contributed by atoms with van der Waals surface area (Å²) in [6, 6.07) is 11.6. The van der Waals surface area contributed by atoms with E-state index in [4.69, 9.17) is 0 Å². The molecular weight excluding hydrogens is 328 g/mol. The molecule has 1 atom stereocenters. The molecule has 0 radical (unpaired) electrons. The Balaban J connectivity index is 1.45. The maximum Gasteiger partial charge on any atom is 0.226 e. The van der Waals surface area contributed by atoms with E-state index in [9.17, 15) is 9.90 Å². The topological polar surface area (TPSA) is 79.5 Å². The first kappa shape index (κ1) is 16.7. The average molecular weight is 350 g/mol. The van der Waals surface area contributed by atoms with E-state index in [0.717, 1.165) is 29.9 Å². The molecule has 0 aliphatic heterocycles. The van der Waals surface area contributed by atoms with Crippen LogP contribution in [0.15, 0.2) is 55.0 Å². The van der Waals surface area contributed by atoms with Crippen LogP contribution in [-0.2, 0) is 17.6 Å². The van der Waals surface area contributed by atoms with Crippen molar-refractivity contribution >= 4 is 11.6 Å². The number of nitrogens with zero attached hydrogens (tertiary/aromatic N) is 3. The molecule has 1 aliphatic rings. The van der Waals surface area contributed by atoms with Gasteiger partial charge in [-0.1, -0.05) is 12.1 Å². The Kier molecular flexibility index (Phi) is 4.67. The highest BCUT2D eigenvalue weighted by Crippen LogP contribution is 2.31. The van der Waals surface area contributed by atoms with Crippen LogP contribution in [0.1, 0.15) is 24.2 Å². The van der Waals surface area contributed by atoms with Crippen molar-refractivity contribution in [1.29, 1.82) is 0 Å². The van der Waals surface area contributed by atoms with Crippen molar-refractivity contribution in [2.75, 3.05) is 0 Å². The van der Waals surface area contributed by atoms with E-state index in [2.05, 4.69) is 15.3 Å². The fourth-order valence-electron chi connectivity index (χ4n) is 3.58. The molecule has 3 aromatic rings. The van der Waals surface area contributed by atoms with Gasteiger partial charge in [-0.2, -0.15) is 0 Å². The van der Waals surface area contributed by atoms with Gasteiger partial charge < -0.3 is 14.8 Å². The molecule has 3 aromatic heterocycles. The van der Waals surface area contributed by atoms with Crippen molar-refractivity contribution in [2.24, 2.45) is 5.92 Å². The summed E-state index contributed by atoms with van der Waals surface area (Å²) in [6.07, 6.45) is 7.59. The first-order valence-electron chi connectivity index (χ1n) is 8.97. The summed E-state index contributed by atoms with van der Waals surface area (Å²) in [7, 11) is 0. The summed E-state index contributed by atoms with van der Waals surface area (Å²) in [4.78, 5) is 21.4. The van der Waals surface area contributed by atoms with Crippen molar-refractivity contribution < 1.29 is 9.90 Å². The van der Waals surface area contributed by atoms with Gasteiger partial charge in [0.15, 0.2) is 0 Å². The number of pyridine rings is 2. The van der Waals surface area contributed by atoms with E-state index < -0.39 is 0 Å². The van der Waals surface area contributed by atoms with Gasteiger partial charge >= 0.3 is 0 Å². The molecule has 6 nitrogen and oxygen atoms in total. The lowest BCUT2D eigenvalue weighted by molar-refractivity contribution is -0.122. The van der Waals surface area contributed by atoms with Gasteiger partial charge in [0.25, 0.3) is 0 Å². The van der Waals surface area contributed by atoms with Crippen molar-refractivity contribution in [1.82, 2.24) is 19.7 Å². The number of imidazole rings is 1. The van der Waals surface area contributed by atoms with Crippen LogP contribution in [-0.4, -0.2) is 37.5 Å². The molecule has 4 rings (SSSR count). The molecule has 6 heteroatoms. The minimum atomic E-state index is -0.248. The van der Waals surface area contributed by atoms with Gasteiger partial charge in [0.05, 0.1) is 18.2 Å². The number of amides is 1. The van der Waals surface area contributed by atoms with Gasteiger partial charge in [-0.25, -0.2) is 4.98 Å². The van der Waals surface area contributed by atoms with Crippen LogP contribution in [0.25, 0.3) is 5.65 Å². The number of hydrogen-bond acceptors (Lipinski definition) is 4. The smallest absolute Gasteiger partial charge is 0.226 e. The molecular formula is C20H22N4O2. The molecule has 1 saturated carbocycles. The normalized spacial score (nSPS) is 20.5. The lowest BCUT2D eigenvalue weighted by Crippen LogP contribution is -2.48. The molecule has 26 heavy (non-hydrogen) atoms. The van der Waals surface area contributed by atoms with Crippen molar-refractivity contribution in [3.05, 3.63) is 66.4 Å². The number of fused-ring (bicyclic) bond motifs is 1. The van der Waals surface area contributed by atoms with E-state index >= 15 is 0 Å². The Morgan fingerprint density at radius 3 is 2.85 bits per heavy atom. The van der Waals surface area contributed by atoms with Gasteiger partial charge in [-0.15, -0.1) is 0 Å². The van der Waals surface area contributed by atoms with Gasteiger partial charge in [-0.3, -0.25) is 9.78 Å². The molecule has 0 unspecified atom stereocenters. The summed E-state index contributed by atoms with van der Waals surface area (Å²) in [6.45, 7) is 0. The predicted octanol–water partition coefficient (Wildman–Crippen LogP) is 1.77. The summed E-state index contributed by atoms with van der Waals surface area (Å²) in [5, 5.41) is 12.8. The molecule has 0 bridgehead atoms. The van der Waals surface area contributed by atoms with Gasteiger partial charge in [-0.05, 0) is 43.0 Å². The second kappa shape index (κ2) is 7.25. The summed E-state index contributed by atoms with van der Waals surface area (Å²) in [5.74, 6) is 0.260. The number of carbonyl (C=O) groups is 1. The van der Waals surface area contributed by atoms with Crippen LogP contribution in [0, 0.1) is 5.92 Å². The van der Waals surface area contributed by atoms with Crippen LogP contribution >= 0.6 is 0 Å². The number of carbonyl (C=O) groups excluding carboxylic acids is 1. The predicted molar refractivity (Wildman–Crippen MR) is 97.5 cm³/mol. The van der Waals surface area contributed by atoms with Crippen LogP contribution < -0.4 is 5.32 Å². The van der Waals surface area contributed by atoms with Crippen molar-refractivity contribution in [2.45, 2.75) is 37.8 Å². The molecule has 2 N–H and O–H groups in total. The molecule has 0 aromatic carbocycles. The van der Waals surface area contributed by atoms with E-state index in [1.807, 2.05) is 47.0 Å². The largest absolute Gasteiger partial charge is 0.393 e. The first-order valence-corrected chi connectivity index (χ1v) is 8.97. The number of hydrogen-bond donors (Lipinski definition) is 2. The highest BCUT2D eigenvalue weighted by Gasteiger charge is 2.35. The standard InChI is InChI=1S/C20H22N4O2/c25-17-9-14(10-17)18(11-15-5-1-3-7-21-15)23-20(26)12-16-13-22-19-6-2-4-8-24(16)19/h1-8,13-14,17-18,25H,9-12H2,(H,23,26)/t14?,17?,18-/m1/s1. The molecule has 0 saturated heterocycles. The molecule has 1 aliphatic carbocycles. The summed E-state index contributed by atoms with van der Waals surface area (Å²) in [5.41, 5.74) is 2.65. The van der Waals surface area contributed by atoms with Crippen LogP contribution in [0.4, 0.5) is 0 Å². The highest BCUT2D eigenvalue weighted by molar-refractivity contribution is 5.78. The second-order valence-corrected chi connectivity index (χ2v) is 6.94. The van der Waals surface area contributed by atoms with E-state index in [0.29, 0.717) is 6.42 Å². The van der Waals surface area contributed by atoms with Gasteiger partial charge in [0, 0.05) is 36.7 Å². The second-order valence-electron chi connectivity index (χ2n) is 6.94. The van der Waals surface area contributed by atoms with Crippen molar-refractivity contribution in [3.63, 3.8) is 0 Å². The zero-order valence-corrected chi connectivity index (χ0v) is 14.5. The highest BCUT2D eigenvalue weighted by atomic mass is 16.3. The number of aliphatic hydroxyl groups is 1. The van der Waals surface area contributed by atoms with Crippen LogP contribution in [0.2, 0.25) is 0 Å². The van der Waals surface area contributed by atoms with Crippen LogP contribution in [0.3, 0.4) is 0 Å². The summed E-state index contributed by atoms with van der Waals surface area (Å²) >= 11 is 0. The number of aromatic nitrogens is 3. The Morgan fingerprint density at radius 1 is 1.23 bits per heavy atom. The van der Waals surface area contributed by atoms with Gasteiger partial charge in [0.1, 0.15) is 5.65 Å².